The van der Waals surface area contributed by atoms with Gasteiger partial charge in [0.2, 0.25) is 0 Å². The summed E-state index contributed by atoms with van der Waals surface area (Å²) in [5, 5.41) is 13.0. The van der Waals surface area contributed by atoms with Crippen LogP contribution < -0.4 is 5.32 Å². The minimum Gasteiger partial charge on any atom is -0.384 e. The number of nitrogens with one attached hydrogen (secondary N) is 1. The van der Waals surface area contributed by atoms with E-state index < -0.39 is 0 Å². The lowest BCUT2D eigenvalue weighted by Gasteiger charge is -2.21. The Labute approximate surface area is 138 Å². The minimum absolute atomic E-state index is 0.500. The fourth-order valence-corrected chi connectivity index (χ4v) is 4.07. The SMILES string of the molecule is COCCc1nsc(Sc2nnc(C3CCNCC3)n2C)n1. The predicted molar refractivity (Wildman–Crippen MR) is 85.5 cm³/mol. The van der Waals surface area contributed by atoms with Crippen molar-refractivity contribution in [2.45, 2.75) is 34.7 Å². The number of hydrogen-bond donors (Lipinski definition) is 1. The average Bonchev–Trinajstić information content (AvgIpc) is 3.14. The Kier molecular flexibility index (Phi) is 5.40. The highest BCUT2D eigenvalue weighted by Gasteiger charge is 2.22. The number of ether oxygens (including phenoxy) is 1. The molecule has 0 amide bonds. The molecule has 3 rings (SSSR count). The van der Waals surface area contributed by atoms with Crippen molar-refractivity contribution in [3.8, 4) is 0 Å². The van der Waals surface area contributed by atoms with Gasteiger partial charge in [0.25, 0.3) is 0 Å². The lowest BCUT2D eigenvalue weighted by Crippen LogP contribution is -2.27. The van der Waals surface area contributed by atoms with E-state index in [-0.39, 0.29) is 0 Å². The van der Waals surface area contributed by atoms with E-state index >= 15 is 0 Å². The molecule has 1 aliphatic rings. The lowest BCUT2D eigenvalue weighted by molar-refractivity contribution is 0.200. The maximum atomic E-state index is 5.05. The van der Waals surface area contributed by atoms with Gasteiger partial charge in [-0.05, 0) is 49.2 Å². The van der Waals surface area contributed by atoms with Crippen LogP contribution in [0.5, 0.6) is 0 Å². The molecule has 0 atom stereocenters. The largest absolute Gasteiger partial charge is 0.384 e. The fraction of sp³-hybridized carbons (Fsp3) is 0.692. The quantitative estimate of drug-likeness (QED) is 0.853. The molecule has 0 spiro atoms. The summed E-state index contributed by atoms with van der Waals surface area (Å²) in [7, 11) is 3.72. The molecule has 1 aliphatic heterocycles. The summed E-state index contributed by atoms with van der Waals surface area (Å²) in [6, 6.07) is 0. The van der Waals surface area contributed by atoms with Crippen LogP contribution in [0.3, 0.4) is 0 Å². The molecule has 9 heteroatoms. The van der Waals surface area contributed by atoms with E-state index in [0.717, 1.165) is 53.5 Å². The molecule has 2 aromatic rings. The number of rotatable bonds is 6. The molecule has 0 aliphatic carbocycles. The van der Waals surface area contributed by atoms with Crippen LogP contribution in [0.4, 0.5) is 0 Å². The molecule has 3 heterocycles. The lowest BCUT2D eigenvalue weighted by atomic mass is 9.97. The van der Waals surface area contributed by atoms with E-state index in [1.165, 1.54) is 23.3 Å². The Morgan fingerprint density at radius 2 is 2.18 bits per heavy atom. The Balaban J connectivity index is 1.67. The third-order valence-corrected chi connectivity index (χ3v) is 5.56. The van der Waals surface area contributed by atoms with Crippen LogP contribution in [-0.2, 0) is 18.2 Å². The van der Waals surface area contributed by atoms with Gasteiger partial charge in [-0.3, -0.25) is 0 Å². The van der Waals surface area contributed by atoms with Crippen LogP contribution >= 0.6 is 23.3 Å². The molecule has 22 heavy (non-hydrogen) atoms. The third-order valence-electron chi connectivity index (χ3n) is 3.73. The van der Waals surface area contributed by atoms with E-state index in [1.807, 2.05) is 7.05 Å². The molecular weight excluding hydrogens is 320 g/mol. The normalized spacial score (nSPS) is 16.3. The average molecular weight is 340 g/mol. The molecule has 0 aromatic carbocycles. The number of aromatic nitrogens is 5. The highest BCUT2D eigenvalue weighted by Crippen LogP contribution is 2.30. The van der Waals surface area contributed by atoms with E-state index in [2.05, 4.69) is 29.4 Å². The zero-order chi connectivity index (χ0) is 15.4. The molecule has 0 saturated carbocycles. The molecule has 0 bridgehead atoms. The maximum absolute atomic E-state index is 5.05. The molecule has 1 fully saturated rings. The fourth-order valence-electron chi connectivity index (χ4n) is 2.50. The van der Waals surface area contributed by atoms with Crippen LogP contribution in [0.25, 0.3) is 0 Å². The van der Waals surface area contributed by atoms with Crippen LogP contribution in [-0.4, -0.2) is 50.9 Å². The highest BCUT2D eigenvalue weighted by molar-refractivity contribution is 8.00. The summed E-state index contributed by atoms with van der Waals surface area (Å²) in [6.45, 7) is 2.75. The van der Waals surface area contributed by atoms with Crippen LogP contribution in [0, 0.1) is 0 Å². The molecule has 1 N–H and O–H groups in total. The van der Waals surface area contributed by atoms with E-state index in [9.17, 15) is 0 Å². The van der Waals surface area contributed by atoms with E-state index in [4.69, 9.17) is 4.74 Å². The smallest absolute Gasteiger partial charge is 0.198 e. The zero-order valence-corrected chi connectivity index (χ0v) is 14.4. The van der Waals surface area contributed by atoms with Gasteiger partial charge in [0.1, 0.15) is 11.6 Å². The zero-order valence-electron chi connectivity index (χ0n) is 12.8. The number of methoxy groups -OCH3 is 1. The first-order valence-corrected chi connectivity index (χ1v) is 8.96. The van der Waals surface area contributed by atoms with Crippen molar-refractivity contribution in [2.24, 2.45) is 7.05 Å². The summed E-state index contributed by atoms with van der Waals surface area (Å²) in [4.78, 5) is 4.51. The van der Waals surface area contributed by atoms with Gasteiger partial charge >= 0.3 is 0 Å². The molecular formula is C13H20N6OS2. The van der Waals surface area contributed by atoms with E-state index in [1.54, 1.807) is 7.11 Å². The van der Waals surface area contributed by atoms with Crippen molar-refractivity contribution in [2.75, 3.05) is 26.8 Å². The summed E-state index contributed by atoms with van der Waals surface area (Å²) >= 11 is 2.93. The minimum atomic E-state index is 0.500. The summed E-state index contributed by atoms with van der Waals surface area (Å²) in [5.41, 5.74) is 0. The predicted octanol–water partition coefficient (Wildman–Crippen LogP) is 1.47. The van der Waals surface area contributed by atoms with Gasteiger partial charge in [-0.25, -0.2) is 4.98 Å². The van der Waals surface area contributed by atoms with Crippen molar-refractivity contribution in [3.63, 3.8) is 0 Å². The van der Waals surface area contributed by atoms with Gasteiger partial charge in [0.05, 0.1) is 6.61 Å². The molecule has 1 saturated heterocycles. The second-order valence-electron chi connectivity index (χ2n) is 5.25. The van der Waals surface area contributed by atoms with Crippen molar-refractivity contribution in [3.05, 3.63) is 11.6 Å². The Hall–Kier alpha value is -1.03. The van der Waals surface area contributed by atoms with E-state index in [0.29, 0.717) is 12.5 Å². The standard InChI is InChI=1S/C13H20N6OS2/c1-19-11(9-3-6-14-7-4-9)16-17-12(19)21-13-15-10(18-22-13)5-8-20-2/h9,14H,3-8H2,1-2H3. The first-order valence-electron chi connectivity index (χ1n) is 7.37. The van der Waals surface area contributed by atoms with Crippen LogP contribution in [0.1, 0.15) is 30.4 Å². The van der Waals surface area contributed by atoms with Crippen molar-refractivity contribution in [1.82, 2.24) is 29.4 Å². The monoisotopic (exact) mass is 340 g/mol. The summed E-state index contributed by atoms with van der Waals surface area (Å²) < 4.78 is 12.4. The van der Waals surface area contributed by atoms with Crippen molar-refractivity contribution >= 4 is 23.3 Å². The molecule has 2 aromatic heterocycles. The molecule has 7 nitrogen and oxygen atoms in total. The molecule has 120 valence electrons. The second-order valence-corrected chi connectivity index (χ2v) is 7.21. The van der Waals surface area contributed by atoms with Crippen molar-refractivity contribution in [1.29, 1.82) is 0 Å². The Bertz CT molecular complexity index is 607. The second kappa shape index (κ2) is 7.49. The van der Waals surface area contributed by atoms with Gasteiger partial charge in [-0.1, -0.05) is 0 Å². The Morgan fingerprint density at radius 3 is 2.95 bits per heavy atom. The highest BCUT2D eigenvalue weighted by atomic mass is 32.2. The maximum Gasteiger partial charge on any atom is 0.198 e. The number of piperidine rings is 1. The van der Waals surface area contributed by atoms with Gasteiger partial charge in [-0.15, -0.1) is 10.2 Å². The molecule has 0 unspecified atom stereocenters. The van der Waals surface area contributed by atoms with Crippen LogP contribution in [0.2, 0.25) is 0 Å². The summed E-state index contributed by atoms with van der Waals surface area (Å²) in [6.07, 6.45) is 2.99. The first-order chi connectivity index (χ1) is 10.8. The number of hydrogen-bond acceptors (Lipinski definition) is 8. The van der Waals surface area contributed by atoms with Crippen LogP contribution in [0.15, 0.2) is 9.50 Å². The van der Waals surface area contributed by atoms with Crippen molar-refractivity contribution < 1.29 is 4.74 Å². The van der Waals surface area contributed by atoms with Gasteiger partial charge < -0.3 is 14.6 Å². The van der Waals surface area contributed by atoms with Gasteiger partial charge in [-0.2, -0.15) is 4.37 Å². The van der Waals surface area contributed by atoms with Gasteiger partial charge in [0.15, 0.2) is 9.50 Å². The third kappa shape index (κ3) is 3.65. The Morgan fingerprint density at radius 1 is 1.36 bits per heavy atom. The van der Waals surface area contributed by atoms with Gasteiger partial charge in [0, 0.05) is 26.5 Å². The summed E-state index contributed by atoms with van der Waals surface area (Å²) in [5.74, 6) is 2.41. The molecule has 0 radical (unpaired) electrons. The topological polar surface area (TPSA) is 77.8 Å². The number of nitrogens with zero attached hydrogens (tertiary/aromatic N) is 5. The first kappa shape index (κ1) is 15.9.